The van der Waals surface area contributed by atoms with Crippen molar-refractivity contribution in [2.75, 3.05) is 11.9 Å². The summed E-state index contributed by atoms with van der Waals surface area (Å²) in [6.07, 6.45) is -3.52. The molecule has 0 aromatic heterocycles. The van der Waals surface area contributed by atoms with Crippen LogP contribution in [0.2, 0.25) is 0 Å². The van der Waals surface area contributed by atoms with Gasteiger partial charge < -0.3 is 10.1 Å². The Kier molecular flexibility index (Phi) is 3.89. The molecular formula is C14H11F3N2O2. The van der Waals surface area contributed by atoms with Gasteiger partial charge in [0.2, 0.25) is 0 Å². The maximum atomic E-state index is 13.1. The van der Waals surface area contributed by atoms with Crippen molar-refractivity contribution >= 4 is 17.7 Å². The van der Waals surface area contributed by atoms with Crippen LogP contribution in [0.1, 0.15) is 18.1 Å². The third kappa shape index (κ3) is 2.99. The number of nitriles is 1. The number of alkyl halides is 3. The van der Waals surface area contributed by atoms with Crippen LogP contribution < -0.4 is 5.32 Å². The molecule has 0 fully saturated rings. The van der Waals surface area contributed by atoms with Crippen LogP contribution in [-0.4, -0.2) is 24.8 Å². The van der Waals surface area contributed by atoms with Gasteiger partial charge >= 0.3 is 12.1 Å². The van der Waals surface area contributed by atoms with Gasteiger partial charge in [-0.05, 0) is 36.8 Å². The number of anilines is 1. The van der Waals surface area contributed by atoms with Crippen LogP contribution in [0.25, 0.3) is 6.08 Å². The Morgan fingerprint density at radius 2 is 2.19 bits per heavy atom. The first-order chi connectivity index (χ1) is 9.86. The number of fused-ring (bicyclic) bond motifs is 1. The fourth-order valence-corrected chi connectivity index (χ4v) is 2.02. The third-order valence-electron chi connectivity index (χ3n) is 2.94. The molecule has 1 aromatic carbocycles. The van der Waals surface area contributed by atoms with Gasteiger partial charge in [0.15, 0.2) is 6.04 Å². The molecule has 1 aromatic rings. The van der Waals surface area contributed by atoms with E-state index in [-0.39, 0.29) is 12.3 Å². The minimum absolute atomic E-state index is 0.0220. The van der Waals surface area contributed by atoms with Crippen LogP contribution >= 0.6 is 0 Å². The van der Waals surface area contributed by atoms with Crippen LogP contribution in [0.3, 0.4) is 0 Å². The molecule has 110 valence electrons. The summed E-state index contributed by atoms with van der Waals surface area (Å²) in [6, 6.07) is 3.96. The number of carbonyl (C=O) groups is 1. The van der Waals surface area contributed by atoms with Crippen molar-refractivity contribution in [3.63, 3.8) is 0 Å². The van der Waals surface area contributed by atoms with Crippen molar-refractivity contribution in [3.05, 3.63) is 34.9 Å². The second-order valence-corrected chi connectivity index (χ2v) is 4.35. The van der Waals surface area contributed by atoms with E-state index in [4.69, 9.17) is 5.26 Å². The van der Waals surface area contributed by atoms with Crippen molar-refractivity contribution in [2.24, 2.45) is 0 Å². The van der Waals surface area contributed by atoms with Crippen LogP contribution in [0.5, 0.6) is 0 Å². The topological polar surface area (TPSA) is 62.1 Å². The van der Waals surface area contributed by atoms with E-state index in [0.29, 0.717) is 11.1 Å². The molecule has 0 aliphatic carbocycles. The molecule has 4 nitrogen and oxygen atoms in total. The van der Waals surface area contributed by atoms with Gasteiger partial charge in [-0.25, -0.2) is 4.79 Å². The lowest BCUT2D eigenvalue weighted by Gasteiger charge is -2.28. The van der Waals surface area contributed by atoms with Gasteiger partial charge in [-0.3, -0.25) is 0 Å². The van der Waals surface area contributed by atoms with Gasteiger partial charge in [-0.2, -0.15) is 18.4 Å². The van der Waals surface area contributed by atoms with Gasteiger partial charge in [0.1, 0.15) is 0 Å². The first kappa shape index (κ1) is 14.9. The van der Waals surface area contributed by atoms with Crippen molar-refractivity contribution in [1.82, 2.24) is 0 Å². The fourth-order valence-electron chi connectivity index (χ4n) is 2.02. The van der Waals surface area contributed by atoms with Gasteiger partial charge in [-0.15, -0.1) is 0 Å². The van der Waals surface area contributed by atoms with E-state index in [0.717, 1.165) is 6.08 Å². The van der Waals surface area contributed by atoms with Crippen LogP contribution in [0.4, 0.5) is 18.9 Å². The second-order valence-electron chi connectivity index (χ2n) is 4.35. The number of rotatable bonds is 2. The smallest absolute Gasteiger partial charge is 0.413 e. The number of ether oxygens (including phenoxy) is 1. The summed E-state index contributed by atoms with van der Waals surface area (Å²) in [5.74, 6) is -1.03. The average molecular weight is 296 g/mol. The zero-order valence-electron chi connectivity index (χ0n) is 11.0. The number of nitrogens with one attached hydrogen (secondary N) is 1. The largest absolute Gasteiger partial charge is 0.463 e. The number of esters is 1. The van der Waals surface area contributed by atoms with Crippen molar-refractivity contribution < 1.29 is 22.7 Å². The standard InChI is InChI=1S/C14H11F3N2O2/c1-2-21-13(20)10-6-9-5-8(7-18)3-4-11(9)19-12(10)14(15,16)17/h3-6,12,19H,2H2,1H3. The Morgan fingerprint density at radius 1 is 1.48 bits per heavy atom. The van der Waals surface area contributed by atoms with Gasteiger partial charge in [0.05, 0.1) is 23.8 Å². The van der Waals surface area contributed by atoms with Crippen LogP contribution in [0, 0.1) is 11.3 Å². The lowest BCUT2D eigenvalue weighted by molar-refractivity contribution is -0.150. The Balaban J connectivity index is 2.51. The van der Waals surface area contributed by atoms with Gasteiger partial charge in [-0.1, -0.05) is 0 Å². The highest BCUT2D eigenvalue weighted by Gasteiger charge is 2.46. The van der Waals surface area contributed by atoms with Crippen LogP contribution in [-0.2, 0) is 9.53 Å². The van der Waals surface area contributed by atoms with Crippen molar-refractivity contribution in [3.8, 4) is 6.07 Å². The quantitative estimate of drug-likeness (QED) is 0.852. The van der Waals surface area contributed by atoms with E-state index in [1.54, 1.807) is 0 Å². The second kappa shape index (κ2) is 5.48. The summed E-state index contributed by atoms with van der Waals surface area (Å²) in [7, 11) is 0. The fraction of sp³-hybridized carbons (Fsp3) is 0.286. The number of halogens is 3. The minimum atomic E-state index is -4.63. The van der Waals surface area contributed by atoms with Gasteiger partial charge in [0.25, 0.3) is 0 Å². The molecule has 0 saturated heterocycles. The van der Waals surface area contributed by atoms with Gasteiger partial charge in [0, 0.05) is 5.69 Å². The van der Waals surface area contributed by atoms with Crippen LogP contribution in [0.15, 0.2) is 23.8 Å². The summed E-state index contributed by atoms with van der Waals surface area (Å²) >= 11 is 0. The average Bonchev–Trinajstić information content (AvgIpc) is 2.44. The normalized spacial score (nSPS) is 17.1. The lowest BCUT2D eigenvalue weighted by atomic mass is 9.96. The molecule has 2 rings (SSSR count). The molecule has 0 saturated carbocycles. The van der Waals surface area contributed by atoms with Crippen molar-refractivity contribution in [1.29, 1.82) is 5.26 Å². The van der Waals surface area contributed by atoms with E-state index in [2.05, 4.69) is 10.1 Å². The number of hydrogen-bond donors (Lipinski definition) is 1. The maximum absolute atomic E-state index is 13.1. The predicted molar refractivity (Wildman–Crippen MR) is 69.2 cm³/mol. The van der Waals surface area contributed by atoms with E-state index in [1.165, 1.54) is 25.1 Å². The van der Waals surface area contributed by atoms with E-state index in [1.807, 2.05) is 6.07 Å². The highest BCUT2D eigenvalue weighted by Crippen LogP contribution is 2.36. The number of nitrogens with zero attached hydrogens (tertiary/aromatic N) is 1. The predicted octanol–water partition coefficient (Wildman–Crippen LogP) is 2.86. The molecular weight excluding hydrogens is 285 g/mol. The Labute approximate surface area is 118 Å². The molecule has 0 bridgehead atoms. The lowest BCUT2D eigenvalue weighted by Crippen LogP contribution is -2.42. The highest BCUT2D eigenvalue weighted by atomic mass is 19.4. The molecule has 0 spiro atoms. The number of hydrogen-bond acceptors (Lipinski definition) is 4. The number of benzene rings is 1. The Morgan fingerprint density at radius 3 is 2.76 bits per heavy atom. The molecule has 1 heterocycles. The first-order valence-corrected chi connectivity index (χ1v) is 6.13. The molecule has 21 heavy (non-hydrogen) atoms. The monoisotopic (exact) mass is 296 g/mol. The minimum Gasteiger partial charge on any atom is -0.463 e. The molecule has 0 amide bonds. The first-order valence-electron chi connectivity index (χ1n) is 6.13. The Bertz CT molecular complexity index is 645. The van der Waals surface area contributed by atoms with E-state index in [9.17, 15) is 18.0 Å². The maximum Gasteiger partial charge on any atom is 0.413 e. The van der Waals surface area contributed by atoms with E-state index < -0.39 is 23.8 Å². The summed E-state index contributed by atoms with van der Waals surface area (Å²) in [5.41, 5.74) is 0.328. The Hall–Kier alpha value is -2.49. The molecule has 0 radical (unpaired) electrons. The summed E-state index contributed by atoms with van der Waals surface area (Å²) in [6.45, 7) is 1.49. The molecule has 1 aliphatic rings. The molecule has 1 atom stereocenters. The molecule has 1 aliphatic heterocycles. The highest BCUT2D eigenvalue weighted by molar-refractivity contribution is 5.98. The summed E-state index contributed by atoms with van der Waals surface area (Å²) in [5, 5.41) is 11.1. The third-order valence-corrected chi connectivity index (χ3v) is 2.94. The molecule has 1 N–H and O–H groups in total. The summed E-state index contributed by atoms with van der Waals surface area (Å²) < 4.78 is 43.9. The zero-order chi connectivity index (χ0) is 15.6. The molecule has 7 heteroatoms. The summed E-state index contributed by atoms with van der Waals surface area (Å²) in [4.78, 5) is 11.7. The zero-order valence-corrected chi connectivity index (χ0v) is 11.0. The number of carbonyl (C=O) groups excluding carboxylic acids is 1. The molecule has 1 unspecified atom stereocenters. The van der Waals surface area contributed by atoms with E-state index >= 15 is 0 Å². The van der Waals surface area contributed by atoms with Crippen molar-refractivity contribution in [2.45, 2.75) is 19.1 Å². The SMILES string of the molecule is CCOC(=O)C1=Cc2cc(C#N)ccc2NC1C(F)(F)F.